The molecule has 0 saturated heterocycles. The van der Waals surface area contributed by atoms with Gasteiger partial charge in [-0.05, 0) is 48.4 Å². The average Bonchev–Trinajstić information content (AvgIpc) is 3.11. The number of aromatic amines is 1. The van der Waals surface area contributed by atoms with Crippen molar-refractivity contribution in [1.82, 2.24) is 9.97 Å². The third-order valence-electron chi connectivity index (χ3n) is 3.71. The Kier molecular flexibility index (Phi) is 5.40. The zero-order valence-corrected chi connectivity index (χ0v) is 14.9. The minimum absolute atomic E-state index is 0.0540. The Labute approximate surface area is 150 Å². The third-order valence-corrected chi connectivity index (χ3v) is 4.60. The SMILES string of the molecule is COc1ccc(-c2cnc(SCC(=O)Nc3ccccc3C)[nH]2)cc1. The molecule has 0 saturated carbocycles. The zero-order valence-electron chi connectivity index (χ0n) is 14.1. The summed E-state index contributed by atoms with van der Waals surface area (Å²) in [4.78, 5) is 19.7. The van der Waals surface area contributed by atoms with E-state index in [1.807, 2.05) is 55.5 Å². The van der Waals surface area contributed by atoms with Crippen LogP contribution >= 0.6 is 11.8 Å². The van der Waals surface area contributed by atoms with E-state index in [1.165, 1.54) is 11.8 Å². The van der Waals surface area contributed by atoms with Gasteiger partial charge in [0.25, 0.3) is 0 Å². The average molecular weight is 353 g/mol. The second-order valence-corrected chi connectivity index (χ2v) is 6.45. The van der Waals surface area contributed by atoms with E-state index < -0.39 is 0 Å². The monoisotopic (exact) mass is 353 g/mol. The molecule has 1 heterocycles. The topological polar surface area (TPSA) is 67.0 Å². The van der Waals surface area contributed by atoms with Crippen LogP contribution in [0.4, 0.5) is 5.69 Å². The Balaban J connectivity index is 1.58. The molecule has 5 nitrogen and oxygen atoms in total. The van der Waals surface area contributed by atoms with E-state index in [9.17, 15) is 4.79 Å². The van der Waals surface area contributed by atoms with Crippen molar-refractivity contribution in [3.8, 4) is 17.0 Å². The van der Waals surface area contributed by atoms with Gasteiger partial charge in [-0.3, -0.25) is 4.79 Å². The first-order valence-electron chi connectivity index (χ1n) is 7.83. The number of aromatic nitrogens is 2. The number of rotatable bonds is 6. The minimum Gasteiger partial charge on any atom is -0.497 e. The number of carbonyl (C=O) groups is 1. The molecular weight excluding hydrogens is 334 g/mol. The Morgan fingerprint density at radius 1 is 1.20 bits per heavy atom. The molecule has 2 N–H and O–H groups in total. The number of H-pyrrole nitrogens is 1. The molecule has 0 aliphatic rings. The highest BCUT2D eigenvalue weighted by molar-refractivity contribution is 7.99. The van der Waals surface area contributed by atoms with Crippen molar-refractivity contribution in [3.63, 3.8) is 0 Å². The van der Waals surface area contributed by atoms with E-state index in [4.69, 9.17) is 4.74 Å². The summed E-state index contributed by atoms with van der Waals surface area (Å²) >= 11 is 1.37. The molecule has 0 unspecified atom stereocenters. The van der Waals surface area contributed by atoms with Crippen molar-refractivity contribution in [2.45, 2.75) is 12.1 Å². The summed E-state index contributed by atoms with van der Waals surface area (Å²) in [7, 11) is 1.64. The van der Waals surface area contributed by atoms with Gasteiger partial charge in [0.05, 0.1) is 24.8 Å². The van der Waals surface area contributed by atoms with Gasteiger partial charge in [-0.1, -0.05) is 30.0 Å². The molecule has 0 atom stereocenters. The number of hydrogen-bond donors (Lipinski definition) is 2. The highest BCUT2D eigenvalue weighted by Gasteiger charge is 2.08. The molecule has 0 fully saturated rings. The summed E-state index contributed by atoms with van der Waals surface area (Å²) in [6, 6.07) is 15.4. The van der Waals surface area contributed by atoms with E-state index in [1.54, 1.807) is 13.3 Å². The molecule has 2 aromatic carbocycles. The molecule has 0 bridgehead atoms. The number of anilines is 1. The predicted octanol–water partition coefficient (Wildman–Crippen LogP) is 4.12. The van der Waals surface area contributed by atoms with E-state index in [0.29, 0.717) is 10.9 Å². The summed E-state index contributed by atoms with van der Waals surface area (Å²) in [6.07, 6.45) is 1.77. The van der Waals surface area contributed by atoms with Crippen LogP contribution < -0.4 is 10.1 Å². The fraction of sp³-hybridized carbons (Fsp3) is 0.158. The molecule has 1 aromatic heterocycles. The van der Waals surface area contributed by atoms with Gasteiger partial charge in [-0.15, -0.1) is 0 Å². The summed E-state index contributed by atoms with van der Waals surface area (Å²) in [6.45, 7) is 1.97. The largest absolute Gasteiger partial charge is 0.497 e. The van der Waals surface area contributed by atoms with Crippen LogP contribution in [0.3, 0.4) is 0 Å². The summed E-state index contributed by atoms with van der Waals surface area (Å²) in [5.74, 6) is 1.05. The van der Waals surface area contributed by atoms with Crippen LogP contribution in [0, 0.1) is 6.92 Å². The van der Waals surface area contributed by atoms with Gasteiger partial charge in [0, 0.05) is 5.69 Å². The van der Waals surface area contributed by atoms with E-state index >= 15 is 0 Å². The second kappa shape index (κ2) is 7.90. The Bertz CT molecular complexity index is 859. The number of nitrogens with one attached hydrogen (secondary N) is 2. The zero-order chi connectivity index (χ0) is 17.6. The summed E-state index contributed by atoms with van der Waals surface area (Å²) < 4.78 is 5.16. The van der Waals surface area contributed by atoms with Gasteiger partial charge in [-0.25, -0.2) is 4.98 Å². The van der Waals surface area contributed by atoms with Gasteiger partial charge in [0.2, 0.25) is 5.91 Å². The number of benzene rings is 2. The fourth-order valence-corrected chi connectivity index (χ4v) is 2.98. The molecule has 0 radical (unpaired) electrons. The Morgan fingerprint density at radius 3 is 2.68 bits per heavy atom. The molecule has 3 aromatic rings. The smallest absolute Gasteiger partial charge is 0.234 e. The van der Waals surface area contributed by atoms with Crippen LogP contribution in [-0.2, 0) is 4.79 Å². The third kappa shape index (κ3) is 4.42. The number of thioether (sulfide) groups is 1. The van der Waals surface area contributed by atoms with Crippen LogP contribution in [0.25, 0.3) is 11.3 Å². The second-order valence-electron chi connectivity index (χ2n) is 5.48. The lowest BCUT2D eigenvalue weighted by atomic mass is 10.2. The minimum atomic E-state index is -0.0540. The van der Waals surface area contributed by atoms with Crippen LogP contribution in [0.2, 0.25) is 0 Å². The molecule has 3 rings (SSSR count). The van der Waals surface area contributed by atoms with E-state index in [-0.39, 0.29) is 5.91 Å². The van der Waals surface area contributed by atoms with Crippen LogP contribution in [0.5, 0.6) is 5.75 Å². The number of hydrogen-bond acceptors (Lipinski definition) is 4. The van der Waals surface area contributed by atoms with Crippen LogP contribution in [0.1, 0.15) is 5.56 Å². The predicted molar refractivity (Wildman–Crippen MR) is 101 cm³/mol. The molecule has 128 valence electrons. The van der Waals surface area contributed by atoms with Gasteiger partial charge in [-0.2, -0.15) is 0 Å². The highest BCUT2D eigenvalue weighted by atomic mass is 32.2. The number of para-hydroxylation sites is 1. The maximum absolute atomic E-state index is 12.1. The lowest BCUT2D eigenvalue weighted by molar-refractivity contribution is -0.113. The number of amides is 1. The number of carbonyl (C=O) groups excluding carboxylic acids is 1. The van der Waals surface area contributed by atoms with Crippen molar-refractivity contribution in [2.24, 2.45) is 0 Å². The van der Waals surface area contributed by atoms with Crippen LogP contribution in [0.15, 0.2) is 59.9 Å². The number of aryl methyl sites for hydroxylation is 1. The first-order valence-corrected chi connectivity index (χ1v) is 8.82. The molecule has 0 aliphatic heterocycles. The number of nitrogens with zero attached hydrogens (tertiary/aromatic N) is 1. The van der Waals surface area contributed by atoms with Crippen molar-refractivity contribution in [3.05, 3.63) is 60.3 Å². The summed E-state index contributed by atoms with van der Waals surface area (Å²) in [5.41, 5.74) is 3.81. The van der Waals surface area contributed by atoms with Gasteiger partial charge in [0.15, 0.2) is 5.16 Å². The molecular formula is C19H19N3O2S. The van der Waals surface area contributed by atoms with Crippen molar-refractivity contribution in [1.29, 1.82) is 0 Å². The van der Waals surface area contributed by atoms with Crippen molar-refractivity contribution >= 4 is 23.4 Å². The summed E-state index contributed by atoms with van der Waals surface area (Å²) in [5, 5.41) is 3.63. The lowest BCUT2D eigenvalue weighted by Crippen LogP contribution is -2.14. The lowest BCUT2D eigenvalue weighted by Gasteiger charge is -2.07. The van der Waals surface area contributed by atoms with E-state index in [2.05, 4.69) is 15.3 Å². The maximum Gasteiger partial charge on any atom is 0.234 e. The standard InChI is InChI=1S/C19H19N3O2S/c1-13-5-3-4-6-16(13)21-18(23)12-25-19-20-11-17(22-19)14-7-9-15(24-2)10-8-14/h3-11H,12H2,1-2H3,(H,20,22)(H,21,23). The van der Waals surface area contributed by atoms with Crippen molar-refractivity contribution < 1.29 is 9.53 Å². The van der Waals surface area contributed by atoms with Crippen molar-refractivity contribution in [2.75, 3.05) is 18.2 Å². The van der Waals surface area contributed by atoms with Gasteiger partial charge >= 0.3 is 0 Å². The number of methoxy groups -OCH3 is 1. The normalized spacial score (nSPS) is 10.5. The molecule has 0 aliphatic carbocycles. The highest BCUT2D eigenvalue weighted by Crippen LogP contribution is 2.23. The fourth-order valence-electron chi connectivity index (χ4n) is 2.33. The molecule has 1 amide bonds. The van der Waals surface area contributed by atoms with E-state index in [0.717, 1.165) is 28.3 Å². The maximum atomic E-state index is 12.1. The Morgan fingerprint density at radius 2 is 1.96 bits per heavy atom. The molecule has 25 heavy (non-hydrogen) atoms. The van der Waals surface area contributed by atoms with Gasteiger partial charge in [0.1, 0.15) is 5.75 Å². The quantitative estimate of drug-likeness (QED) is 0.654. The Hall–Kier alpha value is -2.73. The molecule has 0 spiro atoms. The first-order chi connectivity index (χ1) is 12.2. The number of imidazole rings is 1. The van der Waals surface area contributed by atoms with Crippen LogP contribution in [-0.4, -0.2) is 28.7 Å². The number of ether oxygens (including phenoxy) is 1. The molecule has 6 heteroatoms. The first kappa shape index (κ1) is 17.1. The van der Waals surface area contributed by atoms with Gasteiger partial charge < -0.3 is 15.0 Å².